The average molecular weight is 349 g/mol. The first-order valence-corrected chi connectivity index (χ1v) is 7.99. The molecule has 21 heavy (non-hydrogen) atoms. The van der Waals surface area contributed by atoms with Gasteiger partial charge in [0.05, 0.1) is 0 Å². The Labute approximate surface area is 134 Å². The van der Waals surface area contributed by atoms with Crippen LogP contribution in [0.4, 0.5) is 0 Å². The summed E-state index contributed by atoms with van der Waals surface area (Å²) in [5, 5.41) is 3.38. The quantitative estimate of drug-likeness (QED) is 0.764. The van der Waals surface area contributed by atoms with E-state index in [4.69, 9.17) is 4.74 Å². The Balaban J connectivity index is 2.08. The van der Waals surface area contributed by atoms with Crippen molar-refractivity contribution in [3.63, 3.8) is 0 Å². The van der Waals surface area contributed by atoms with Gasteiger partial charge in [-0.05, 0) is 62.2 Å². The van der Waals surface area contributed by atoms with Crippen LogP contribution in [0.1, 0.15) is 30.0 Å². The smallest absolute Gasteiger partial charge is 0.222 e. The molecule has 0 radical (unpaired) electrons. The molecule has 0 spiro atoms. The first kappa shape index (κ1) is 16.0. The van der Waals surface area contributed by atoms with E-state index < -0.39 is 0 Å². The number of halogens is 1. The highest BCUT2D eigenvalue weighted by atomic mass is 79.9. The first-order valence-electron chi connectivity index (χ1n) is 7.20. The van der Waals surface area contributed by atoms with E-state index in [2.05, 4.69) is 39.2 Å². The van der Waals surface area contributed by atoms with Crippen molar-refractivity contribution in [3.8, 4) is 11.6 Å². The maximum absolute atomic E-state index is 5.87. The molecule has 1 heterocycles. The van der Waals surface area contributed by atoms with Gasteiger partial charge in [0, 0.05) is 22.8 Å². The van der Waals surface area contributed by atoms with Crippen LogP contribution >= 0.6 is 15.9 Å². The van der Waals surface area contributed by atoms with E-state index in [1.54, 1.807) is 0 Å². The van der Waals surface area contributed by atoms with Crippen molar-refractivity contribution < 1.29 is 4.74 Å². The summed E-state index contributed by atoms with van der Waals surface area (Å²) in [6.45, 7) is 8.10. The van der Waals surface area contributed by atoms with E-state index >= 15 is 0 Å². The van der Waals surface area contributed by atoms with Gasteiger partial charge in [-0.1, -0.05) is 22.9 Å². The summed E-state index contributed by atoms with van der Waals surface area (Å²) in [4.78, 5) is 4.43. The number of aromatic nitrogens is 1. The molecule has 112 valence electrons. The van der Waals surface area contributed by atoms with Gasteiger partial charge in [0.1, 0.15) is 5.75 Å². The molecule has 0 saturated heterocycles. The Hall–Kier alpha value is -1.39. The molecule has 0 bridgehead atoms. The number of hydrogen-bond acceptors (Lipinski definition) is 3. The number of benzene rings is 1. The molecular formula is C17H21BrN2O. The van der Waals surface area contributed by atoms with Gasteiger partial charge in [0.2, 0.25) is 5.88 Å². The van der Waals surface area contributed by atoms with E-state index in [0.717, 1.165) is 40.9 Å². The molecule has 1 aromatic heterocycles. The van der Waals surface area contributed by atoms with Gasteiger partial charge in [-0.3, -0.25) is 0 Å². The zero-order chi connectivity index (χ0) is 15.2. The summed E-state index contributed by atoms with van der Waals surface area (Å²) in [6, 6.07) is 8.05. The predicted molar refractivity (Wildman–Crippen MR) is 89.9 cm³/mol. The highest BCUT2D eigenvalue weighted by molar-refractivity contribution is 9.10. The maximum atomic E-state index is 5.87. The SMILES string of the molecule is CCCNCc1cnc(Oc2ccc(Br)c(C)c2)c(C)c1. The van der Waals surface area contributed by atoms with E-state index in [9.17, 15) is 0 Å². The predicted octanol–water partition coefficient (Wildman–Crippen LogP) is 4.75. The Bertz CT molecular complexity index is 614. The van der Waals surface area contributed by atoms with E-state index in [-0.39, 0.29) is 0 Å². The minimum atomic E-state index is 0.663. The van der Waals surface area contributed by atoms with Crippen LogP contribution in [0, 0.1) is 13.8 Å². The number of pyridine rings is 1. The maximum Gasteiger partial charge on any atom is 0.222 e. The molecule has 0 fully saturated rings. The fourth-order valence-corrected chi connectivity index (χ4v) is 2.27. The van der Waals surface area contributed by atoms with Crippen LogP contribution in [-0.4, -0.2) is 11.5 Å². The monoisotopic (exact) mass is 348 g/mol. The summed E-state index contributed by atoms with van der Waals surface area (Å²) in [6.07, 6.45) is 3.01. The number of hydrogen-bond donors (Lipinski definition) is 1. The van der Waals surface area contributed by atoms with Gasteiger partial charge in [-0.2, -0.15) is 0 Å². The molecule has 0 atom stereocenters. The first-order chi connectivity index (χ1) is 10.1. The molecule has 2 rings (SSSR count). The second kappa shape index (κ2) is 7.57. The summed E-state index contributed by atoms with van der Waals surface area (Å²) in [5.41, 5.74) is 3.37. The minimum Gasteiger partial charge on any atom is -0.439 e. The van der Waals surface area contributed by atoms with Crippen molar-refractivity contribution in [1.29, 1.82) is 0 Å². The van der Waals surface area contributed by atoms with Crippen molar-refractivity contribution in [1.82, 2.24) is 10.3 Å². The molecule has 0 saturated carbocycles. The Morgan fingerprint density at radius 3 is 2.67 bits per heavy atom. The van der Waals surface area contributed by atoms with Gasteiger partial charge in [-0.25, -0.2) is 4.98 Å². The summed E-state index contributed by atoms with van der Waals surface area (Å²) < 4.78 is 6.95. The third-order valence-corrected chi connectivity index (χ3v) is 4.08. The lowest BCUT2D eigenvalue weighted by molar-refractivity contribution is 0.457. The Morgan fingerprint density at radius 1 is 1.19 bits per heavy atom. The van der Waals surface area contributed by atoms with Crippen LogP contribution in [0.3, 0.4) is 0 Å². The molecule has 3 nitrogen and oxygen atoms in total. The topological polar surface area (TPSA) is 34.2 Å². The van der Waals surface area contributed by atoms with Crippen molar-refractivity contribution in [2.24, 2.45) is 0 Å². The van der Waals surface area contributed by atoms with Gasteiger partial charge in [0.15, 0.2) is 0 Å². The third kappa shape index (κ3) is 4.55. The lowest BCUT2D eigenvalue weighted by Gasteiger charge is -2.10. The fraction of sp³-hybridized carbons (Fsp3) is 0.353. The Morgan fingerprint density at radius 2 is 2.00 bits per heavy atom. The van der Waals surface area contributed by atoms with Crippen LogP contribution in [0.15, 0.2) is 34.9 Å². The summed E-state index contributed by atoms with van der Waals surface area (Å²) >= 11 is 3.49. The van der Waals surface area contributed by atoms with Crippen LogP contribution in [0.2, 0.25) is 0 Å². The number of nitrogens with one attached hydrogen (secondary N) is 1. The summed E-state index contributed by atoms with van der Waals surface area (Å²) in [5.74, 6) is 1.47. The third-order valence-electron chi connectivity index (χ3n) is 3.19. The lowest BCUT2D eigenvalue weighted by atomic mass is 10.2. The van der Waals surface area contributed by atoms with Gasteiger partial charge in [0.25, 0.3) is 0 Å². The van der Waals surface area contributed by atoms with Gasteiger partial charge in [-0.15, -0.1) is 0 Å². The molecule has 4 heteroatoms. The van der Waals surface area contributed by atoms with Gasteiger partial charge < -0.3 is 10.1 Å². The zero-order valence-electron chi connectivity index (χ0n) is 12.7. The van der Waals surface area contributed by atoms with Crippen molar-refractivity contribution in [3.05, 3.63) is 51.6 Å². The second-order valence-electron chi connectivity index (χ2n) is 5.16. The standard InChI is InChI=1S/C17H21BrN2O/c1-4-7-19-10-14-8-13(3)17(20-11-14)21-15-5-6-16(18)12(2)9-15/h5-6,8-9,11,19H,4,7,10H2,1-3H3. The summed E-state index contributed by atoms with van der Waals surface area (Å²) in [7, 11) is 0. The van der Waals surface area contributed by atoms with Crippen LogP contribution in [0.5, 0.6) is 11.6 Å². The van der Waals surface area contributed by atoms with Crippen LogP contribution in [0.25, 0.3) is 0 Å². The molecule has 0 aliphatic heterocycles. The number of ether oxygens (including phenoxy) is 1. The number of rotatable bonds is 6. The average Bonchev–Trinajstić information content (AvgIpc) is 2.46. The van der Waals surface area contributed by atoms with E-state index in [0.29, 0.717) is 5.88 Å². The lowest BCUT2D eigenvalue weighted by Crippen LogP contribution is -2.14. The highest BCUT2D eigenvalue weighted by Crippen LogP contribution is 2.27. The number of aryl methyl sites for hydroxylation is 2. The fourth-order valence-electron chi connectivity index (χ4n) is 2.03. The van der Waals surface area contributed by atoms with Crippen molar-refractivity contribution in [2.45, 2.75) is 33.7 Å². The molecule has 1 N–H and O–H groups in total. The minimum absolute atomic E-state index is 0.663. The highest BCUT2D eigenvalue weighted by Gasteiger charge is 2.06. The molecule has 0 amide bonds. The molecule has 0 aliphatic carbocycles. The van der Waals surface area contributed by atoms with E-state index in [1.165, 1.54) is 5.56 Å². The Kier molecular flexibility index (Phi) is 5.76. The molecular weight excluding hydrogens is 328 g/mol. The normalized spacial score (nSPS) is 10.7. The number of nitrogens with zero attached hydrogens (tertiary/aromatic N) is 1. The second-order valence-corrected chi connectivity index (χ2v) is 6.01. The van der Waals surface area contributed by atoms with Crippen LogP contribution in [-0.2, 0) is 6.54 Å². The van der Waals surface area contributed by atoms with Crippen molar-refractivity contribution in [2.75, 3.05) is 6.54 Å². The van der Waals surface area contributed by atoms with Crippen molar-refractivity contribution >= 4 is 15.9 Å². The van der Waals surface area contributed by atoms with Gasteiger partial charge >= 0.3 is 0 Å². The van der Waals surface area contributed by atoms with Crippen LogP contribution < -0.4 is 10.1 Å². The largest absolute Gasteiger partial charge is 0.439 e. The zero-order valence-corrected chi connectivity index (χ0v) is 14.3. The van der Waals surface area contributed by atoms with E-state index in [1.807, 2.05) is 38.2 Å². The molecule has 1 aromatic carbocycles. The molecule has 2 aromatic rings. The molecule has 0 aliphatic rings. The molecule has 0 unspecified atom stereocenters.